The Hall–Kier alpha value is -2.06. The van der Waals surface area contributed by atoms with Gasteiger partial charge >= 0.3 is 6.03 Å². The van der Waals surface area contributed by atoms with Crippen LogP contribution in [0, 0.1) is 0 Å². The lowest BCUT2D eigenvalue weighted by Gasteiger charge is -2.25. The van der Waals surface area contributed by atoms with Gasteiger partial charge in [0.15, 0.2) is 0 Å². The van der Waals surface area contributed by atoms with Crippen molar-refractivity contribution in [2.45, 2.75) is 17.0 Å². The third kappa shape index (κ3) is 4.73. The zero-order valence-corrected chi connectivity index (χ0v) is 15.1. The molecule has 0 aliphatic carbocycles. The Morgan fingerprint density at radius 3 is 1.88 bits per heavy atom. The predicted octanol–water partition coefficient (Wildman–Crippen LogP) is 2.22. The van der Waals surface area contributed by atoms with Crippen molar-refractivity contribution in [1.82, 2.24) is 20.6 Å². The first-order valence-electron chi connectivity index (χ1n) is 7.75. The number of thioether (sulfide) groups is 2. The number of carbonyl (C=O) groups is 2. The standard InChI is InChI=1S/C17H18N4O2S2/c22-15-17(21-16(23)20-15,11-24-9-13-3-1-5-18-7-13)12-25-10-14-4-2-6-19-8-14/h1-8H,9-12H2,(H2,20,21,22,23). The van der Waals surface area contributed by atoms with E-state index in [-0.39, 0.29) is 5.91 Å². The zero-order valence-electron chi connectivity index (χ0n) is 13.5. The fourth-order valence-electron chi connectivity index (χ4n) is 2.43. The van der Waals surface area contributed by atoms with E-state index < -0.39 is 11.6 Å². The van der Waals surface area contributed by atoms with Crippen molar-refractivity contribution in [3.8, 4) is 0 Å². The average molecular weight is 374 g/mol. The van der Waals surface area contributed by atoms with Crippen LogP contribution >= 0.6 is 23.5 Å². The quantitative estimate of drug-likeness (QED) is 0.690. The summed E-state index contributed by atoms with van der Waals surface area (Å²) in [6.07, 6.45) is 7.08. The van der Waals surface area contributed by atoms with E-state index in [0.29, 0.717) is 11.5 Å². The summed E-state index contributed by atoms with van der Waals surface area (Å²) in [5.74, 6) is 2.26. The van der Waals surface area contributed by atoms with Crippen LogP contribution < -0.4 is 10.6 Å². The van der Waals surface area contributed by atoms with E-state index in [1.807, 2.05) is 36.7 Å². The fourth-order valence-corrected chi connectivity index (χ4v) is 4.88. The highest BCUT2D eigenvalue weighted by molar-refractivity contribution is 7.99. The molecule has 2 aromatic heterocycles. The highest BCUT2D eigenvalue weighted by Crippen LogP contribution is 2.26. The second-order valence-electron chi connectivity index (χ2n) is 5.70. The van der Waals surface area contributed by atoms with Gasteiger partial charge in [0.25, 0.3) is 5.91 Å². The van der Waals surface area contributed by atoms with Gasteiger partial charge in [0.1, 0.15) is 5.54 Å². The molecule has 0 atom stereocenters. The maximum atomic E-state index is 12.3. The minimum absolute atomic E-state index is 0.255. The van der Waals surface area contributed by atoms with Crippen LogP contribution in [-0.2, 0) is 16.3 Å². The second kappa shape index (κ2) is 8.35. The Morgan fingerprint density at radius 2 is 1.48 bits per heavy atom. The van der Waals surface area contributed by atoms with E-state index in [9.17, 15) is 9.59 Å². The SMILES string of the molecule is O=C1NC(=O)C(CSCc2cccnc2)(CSCc2cccnc2)N1. The molecule has 0 radical (unpaired) electrons. The Morgan fingerprint density at radius 1 is 0.920 bits per heavy atom. The Bertz CT molecular complexity index is 682. The third-order valence-corrected chi connectivity index (χ3v) is 6.16. The van der Waals surface area contributed by atoms with E-state index in [1.54, 1.807) is 35.9 Å². The van der Waals surface area contributed by atoms with Gasteiger partial charge in [-0.25, -0.2) is 4.79 Å². The highest BCUT2D eigenvalue weighted by atomic mass is 32.2. The molecule has 1 aliphatic heterocycles. The molecule has 0 saturated carbocycles. The van der Waals surface area contributed by atoms with Crippen molar-refractivity contribution in [2.24, 2.45) is 0 Å². The van der Waals surface area contributed by atoms with Crippen molar-refractivity contribution < 1.29 is 9.59 Å². The molecule has 6 nitrogen and oxygen atoms in total. The second-order valence-corrected chi connectivity index (χ2v) is 7.67. The number of urea groups is 1. The molecule has 0 aromatic carbocycles. The summed E-state index contributed by atoms with van der Waals surface area (Å²) >= 11 is 3.23. The fraction of sp³-hybridized carbons (Fsp3) is 0.294. The van der Waals surface area contributed by atoms with Gasteiger partial charge in [-0.05, 0) is 23.3 Å². The van der Waals surface area contributed by atoms with Crippen molar-refractivity contribution in [3.05, 3.63) is 60.2 Å². The molecule has 3 heterocycles. The zero-order chi connectivity index (χ0) is 17.5. The summed E-state index contributed by atoms with van der Waals surface area (Å²) in [4.78, 5) is 32.2. The van der Waals surface area contributed by atoms with E-state index >= 15 is 0 Å². The Labute approximate surface area is 154 Å². The number of nitrogens with zero attached hydrogens (tertiary/aromatic N) is 2. The average Bonchev–Trinajstić information content (AvgIpc) is 2.90. The minimum atomic E-state index is -0.878. The molecule has 25 heavy (non-hydrogen) atoms. The number of pyridine rings is 2. The van der Waals surface area contributed by atoms with Crippen LogP contribution in [0.4, 0.5) is 4.79 Å². The van der Waals surface area contributed by atoms with Gasteiger partial charge in [0.2, 0.25) is 0 Å². The van der Waals surface area contributed by atoms with Crippen molar-refractivity contribution in [2.75, 3.05) is 11.5 Å². The molecule has 1 aliphatic rings. The number of aromatic nitrogens is 2. The number of nitrogens with one attached hydrogen (secondary N) is 2. The lowest BCUT2D eigenvalue weighted by Crippen LogP contribution is -2.51. The van der Waals surface area contributed by atoms with Gasteiger partial charge in [-0.3, -0.25) is 20.1 Å². The molecule has 130 valence electrons. The van der Waals surface area contributed by atoms with Crippen LogP contribution in [0.5, 0.6) is 0 Å². The molecule has 2 N–H and O–H groups in total. The Balaban J connectivity index is 1.58. The van der Waals surface area contributed by atoms with Crippen LogP contribution in [-0.4, -0.2) is 39.0 Å². The summed E-state index contributed by atoms with van der Waals surface area (Å²) in [6.45, 7) is 0. The summed E-state index contributed by atoms with van der Waals surface area (Å²) in [5.41, 5.74) is 1.31. The summed E-state index contributed by atoms with van der Waals surface area (Å²) < 4.78 is 0. The van der Waals surface area contributed by atoms with Crippen LogP contribution in [0.3, 0.4) is 0 Å². The molecule has 3 amide bonds. The largest absolute Gasteiger partial charge is 0.322 e. The van der Waals surface area contributed by atoms with E-state index in [0.717, 1.165) is 22.6 Å². The van der Waals surface area contributed by atoms with Crippen LogP contribution in [0.1, 0.15) is 11.1 Å². The van der Waals surface area contributed by atoms with Crippen molar-refractivity contribution >= 4 is 35.5 Å². The topological polar surface area (TPSA) is 84.0 Å². The van der Waals surface area contributed by atoms with Crippen LogP contribution in [0.2, 0.25) is 0 Å². The number of carbonyl (C=O) groups excluding carboxylic acids is 2. The molecule has 0 spiro atoms. The monoisotopic (exact) mass is 374 g/mol. The van der Waals surface area contributed by atoms with Crippen molar-refractivity contribution in [1.29, 1.82) is 0 Å². The first-order chi connectivity index (χ1) is 12.2. The van der Waals surface area contributed by atoms with Gasteiger partial charge in [-0.15, -0.1) is 0 Å². The molecular weight excluding hydrogens is 356 g/mol. The molecular formula is C17H18N4O2S2. The molecule has 3 rings (SSSR count). The van der Waals surface area contributed by atoms with E-state index in [4.69, 9.17) is 0 Å². The first kappa shape index (κ1) is 17.8. The van der Waals surface area contributed by atoms with Crippen LogP contribution in [0.15, 0.2) is 49.1 Å². The smallest absolute Gasteiger partial charge is 0.322 e. The predicted molar refractivity (Wildman–Crippen MR) is 100 cm³/mol. The number of amides is 3. The summed E-state index contributed by atoms with van der Waals surface area (Å²) in [6, 6.07) is 7.35. The number of rotatable bonds is 8. The summed E-state index contributed by atoms with van der Waals surface area (Å²) in [7, 11) is 0. The highest BCUT2D eigenvalue weighted by Gasteiger charge is 2.45. The maximum absolute atomic E-state index is 12.3. The van der Waals surface area contributed by atoms with Gasteiger partial charge in [-0.1, -0.05) is 12.1 Å². The first-order valence-corrected chi connectivity index (χ1v) is 10.1. The molecule has 1 fully saturated rings. The number of imide groups is 1. The Kier molecular flexibility index (Phi) is 5.93. The third-order valence-electron chi connectivity index (χ3n) is 3.69. The lowest BCUT2D eigenvalue weighted by molar-refractivity contribution is -0.122. The van der Waals surface area contributed by atoms with Gasteiger partial charge in [-0.2, -0.15) is 23.5 Å². The minimum Gasteiger partial charge on any atom is -0.322 e. The number of hydrogen-bond donors (Lipinski definition) is 2. The van der Waals surface area contributed by atoms with Crippen molar-refractivity contribution in [3.63, 3.8) is 0 Å². The summed E-state index contributed by atoms with van der Waals surface area (Å²) in [5, 5.41) is 5.18. The van der Waals surface area contributed by atoms with Gasteiger partial charge in [0.05, 0.1) is 0 Å². The maximum Gasteiger partial charge on any atom is 0.322 e. The molecule has 0 bridgehead atoms. The lowest BCUT2D eigenvalue weighted by atomic mass is 10.1. The van der Waals surface area contributed by atoms with E-state index in [2.05, 4.69) is 20.6 Å². The van der Waals surface area contributed by atoms with Gasteiger partial charge < -0.3 is 5.32 Å². The molecule has 1 saturated heterocycles. The van der Waals surface area contributed by atoms with Crippen LogP contribution in [0.25, 0.3) is 0 Å². The molecule has 0 unspecified atom stereocenters. The van der Waals surface area contributed by atoms with Gasteiger partial charge in [0, 0.05) is 47.8 Å². The van der Waals surface area contributed by atoms with E-state index in [1.165, 1.54) is 0 Å². The molecule has 2 aromatic rings. The molecule has 8 heteroatoms. The normalized spacial score (nSPS) is 15.7. The number of hydrogen-bond acceptors (Lipinski definition) is 6.